The van der Waals surface area contributed by atoms with Crippen LogP contribution in [0.15, 0.2) is 47.4 Å². The lowest BCUT2D eigenvalue weighted by molar-refractivity contribution is 0.223. The average molecular weight is 360 g/mol. The van der Waals surface area contributed by atoms with Gasteiger partial charge in [0.1, 0.15) is 0 Å². The van der Waals surface area contributed by atoms with E-state index in [9.17, 15) is 4.79 Å². The monoisotopic (exact) mass is 360 g/mol. The Balaban J connectivity index is 1.90. The van der Waals surface area contributed by atoms with Gasteiger partial charge >= 0.3 is 6.03 Å². The molecule has 5 nitrogen and oxygen atoms in total. The number of likely N-dealkylation sites (N-methyl/N-ethyl adjacent to an activating group) is 1. The molecule has 0 atom stereocenters. The van der Waals surface area contributed by atoms with Crippen LogP contribution < -0.4 is 14.8 Å². The van der Waals surface area contributed by atoms with Crippen LogP contribution in [0.3, 0.4) is 0 Å². The maximum absolute atomic E-state index is 12.3. The fourth-order valence-electron chi connectivity index (χ4n) is 2.33. The maximum Gasteiger partial charge on any atom is 0.321 e. The van der Waals surface area contributed by atoms with Gasteiger partial charge in [-0.15, -0.1) is 11.8 Å². The summed E-state index contributed by atoms with van der Waals surface area (Å²) in [5.74, 6) is 1.40. The molecule has 1 N–H and O–H groups in total. The fraction of sp³-hybridized carbons (Fsp3) is 0.316. The molecule has 2 amide bonds. The van der Waals surface area contributed by atoms with Crippen molar-refractivity contribution in [3.8, 4) is 11.5 Å². The molecule has 0 aliphatic heterocycles. The number of ether oxygens (including phenoxy) is 2. The van der Waals surface area contributed by atoms with Crippen molar-refractivity contribution in [2.24, 2.45) is 0 Å². The van der Waals surface area contributed by atoms with E-state index in [0.29, 0.717) is 18.0 Å². The average Bonchev–Trinajstić information content (AvgIpc) is 2.66. The Bertz CT molecular complexity index is 704. The van der Waals surface area contributed by atoms with Gasteiger partial charge in [0.15, 0.2) is 11.5 Å². The van der Waals surface area contributed by atoms with Crippen molar-refractivity contribution in [2.45, 2.75) is 11.3 Å². The number of carbonyl (C=O) groups is 1. The molecule has 0 fully saturated rings. The highest BCUT2D eigenvalue weighted by atomic mass is 32.2. The lowest BCUT2D eigenvalue weighted by Crippen LogP contribution is -2.32. The molecular formula is C19H24N2O3S. The molecule has 0 spiro atoms. The summed E-state index contributed by atoms with van der Waals surface area (Å²) in [5.41, 5.74) is 1.88. The van der Waals surface area contributed by atoms with Crippen LogP contribution in [0.4, 0.5) is 10.5 Å². The first-order valence-electron chi connectivity index (χ1n) is 7.94. The van der Waals surface area contributed by atoms with Crippen molar-refractivity contribution in [1.82, 2.24) is 4.90 Å². The number of thioether (sulfide) groups is 1. The molecule has 2 aromatic carbocycles. The first-order chi connectivity index (χ1) is 12.1. The van der Waals surface area contributed by atoms with Crippen LogP contribution in [0, 0.1) is 0 Å². The second kappa shape index (κ2) is 9.22. The van der Waals surface area contributed by atoms with E-state index in [1.54, 1.807) is 37.9 Å². The number of rotatable bonds is 7. The summed E-state index contributed by atoms with van der Waals surface area (Å²) in [6.07, 6.45) is 2.76. The predicted molar refractivity (Wildman–Crippen MR) is 103 cm³/mol. The Morgan fingerprint density at radius 3 is 2.36 bits per heavy atom. The summed E-state index contributed by atoms with van der Waals surface area (Å²) >= 11 is 1.67. The highest BCUT2D eigenvalue weighted by molar-refractivity contribution is 7.98. The third-order valence-electron chi connectivity index (χ3n) is 3.87. The summed E-state index contributed by atoms with van der Waals surface area (Å²) in [5, 5.41) is 2.90. The van der Waals surface area contributed by atoms with Crippen molar-refractivity contribution in [3.05, 3.63) is 48.0 Å². The first-order valence-corrected chi connectivity index (χ1v) is 9.17. The standard InChI is InChI=1S/C19H24N2O3S/c1-21(19(22)20-15-6-8-16(25-4)9-7-15)12-11-14-5-10-17(23-2)18(13-14)24-3/h5-10,13H,11-12H2,1-4H3,(H,20,22). The molecule has 134 valence electrons. The van der Waals surface area contributed by atoms with E-state index >= 15 is 0 Å². The molecule has 0 saturated heterocycles. The van der Waals surface area contributed by atoms with Crippen molar-refractivity contribution in [1.29, 1.82) is 0 Å². The molecule has 0 bridgehead atoms. The molecule has 2 rings (SSSR count). The zero-order chi connectivity index (χ0) is 18.2. The van der Waals surface area contributed by atoms with Gasteiger partial charge in [0.05, 0.1) is 14.2 Å². The number of amides is 2. The van der Waals surface area contributed by atoms with Crippen LogP contribution in [-0.2, 0) is 6.42 Å². The van der Waals surface area contributed by atoms with Gasteiger partial charge in [0, 0.05) is 24.2 Å². The summed E-state index contributed by atoms with van der Waals surface area (Å²) in [6.45, 7) is 0.601. The Hall–Kier alpha value is -2.34. The number of urea groups is 1. The van der Waals surface area contributed by atoms with Gasteiger partial charge in [-0.3, -0.25) is 0 Å². The summed E-state index contributed by atoms with van der Waals surface area (Å²) < 4.78 is 10.5. The van der Waals surface area contributed by atoms with E-state index in [0.717, 1.165) is 17.7 Å². The molecule has 0 aromatic heterocycles. The minimum atomic E-state index is -0.127. The minimum absolute atomic E-state index is 0.127. The van der Waals surface area contributed by atoms with Gasteiger partial charge in [0.2, 0.25) is 0 Å². The number of nitrogens with zero attached hydrogens (tertiary/aromatic N) is 1. The van der Waals surface area contributed by atoms with E-state index in [-0.39, 0.29) is 6.03 Å². The Morgan fingerprint density at radius 1 is 1.08 bits per heavy atom. The molecule has 25 heavy (non-hydrogen) atoms. The normalized spacial score (nSPS) is 10.2. The zero-order valence-electron chi connectivity index (χ0n) is 15.0. The quantitative estimate of drug-likeness (QED) is 0.754. The van der Waals surface area contributed by atoms with Crippen molar-refractivity contribution in [2.75, 3.05) is 39.4 Å². The Labute approximate surface area is 153 Å². The van der Waals surface area contributed by atoms with Gasteiger partial charge in [-0.2, -0.15) is 0 Å². The van der Waals surface area contributed by atoms with E-state index in [1.165, 1.54) is 4.90 Å². The molecule has 0 saturated carbocycles. The van der Waals surface area contributed by atoms with Crippen molar-refractivity contribution < 1.29 is 14.3 Å². The van der Waals surface area contributed by atoms with E-state index in [1.807, 2.05) is 48.7 Å². The van der Waals surface area contributed by atoms with E-state index in [2.05, 4.69) is 5.32 Å². The number of methoxy groups -OCH3 is 2. The molecule has 0 aliphatic rings. The van der Waals surface area contributed by atoms with Crippen LogP contribution >= 0.6 is 11.8 Å². The smallest absolute Gasteiger partial charge is 0.321 e. The third kappa shape index (κ3) is 5.32. The maximum atomic E-state index is 12.3. The molecule has 0 radical (unpaired) electrons. The molecule has 0 unspecified atom stereocenters. The van der Waals surface area contributed by atoms with E-state index in [4.69, 9.17) is 9.47 Å². The zero-order valence-corrected chi connectivity index (χ0v) is 15.9. The first kappa shape index (κ1) is 19.0. The van der Waals surface area contributed by atoms with Gasteiger partial charge < -0.3 is 19.7 Å². The summed E-state index contributed by atoms with van der Waals surface area (Å²) in [7, 11) is 5.01. The van der Waals surface area contributed by atoms with Gasteiger partial charge in [-0.25, -0.2) is 4.79 Å². The van der Waals surface area contributed by atoms with Gasteiger partial charge in [-0.05, 0) is 54.6 Å². The Kier molecular flexibility index (Phi) is 7.01. The number of anilines is 1. The molecule has 0 heterocycles. The molecule has 2 aromatic rings. The van der Waals surface area contributed by atoms with Crippen LogP contribution in [0.25, 0.3) is 0 Å². The predicted octanol–water partition coefficient (Wildman–Crippen LogP) is 4.13. The van der Waals surface area contributed by atoms with Crippen LogP contribution in [0.1, 0.15) is 5.56 Å². The fourth-order valence-corrected chi connectivity index (χ4v) is 2.74. The number of nitrogens with one attached hydrogen (secondary N) is 1. The lowest BCUT2D eigenvalue weighted by atomic mass is 10.1. The van der Waals surface area contributed by atoms with Crippen molar-refractivity contribution in [3.63, 3.8) is 0 Å². The number of benzene rings is 2. The number of carbonyl (C=O) groups excluding carboxylic acids is 1. The Morgan fingerprint density at radius 2 is 1.76 bits per heavy atom. The summed E-state index contributed by atoms with van der Waals surface area (Å²) in [6, 6.07) is 13.5. The van der Waals surface area contributed by atoms with Gasteiger partial charge in [0.25, 0.3) is 0 Å². The highest BCUT2D eigenvalue weighted by Crippen LogP contribution is 2.27. The largest absolute Gasteiger partial charge is 0.493 e. The minimum Gasteiger partial charge on any atom is -0.493 e. The van der Waals surface area contributed by atoms with E-state index < -0.39 is 0 Å². The van der Waals surface area contributed by atoms with Crippen molar-refractivity contribution >= 4 is 23.5 Å². The SMILES string of the molecule is COc1ccc(CCN(C)C(=O)Nc2ccc(SC)cc2)cc1OC. The highest BCUT2D eigenvalue weighted by Gasteiger charge is 2.10. The summed E-state index contributed by atoms with van der Waals surface area (Å²) in [4.78, 5) is 15.1. The van der Waals surface area contributed by atoms with Gasteiger partial charge in [-0.1, -0.05) is 6.07 Å². The van der Waals surface area contributed by atoms with Crippen LogP contribution in [0.5, 0.6) is 11.5 Å². The number of hydrogen-bond acceptors (Lipinski definition) is 4. The number of hydrogen-bond donors (Lipinski definition) is 1. The second-order valence-electron chi connectivity index (χ2n) is 5.52. The second-order valence-corrected chi connectivity index (χ2v) is 6.40. The van der Waals surface area contributed by atoms with Crippen LogP contribution in [-0.4, -0.2) is 45.0 Å². The molecular weight excluding hydrogens is 336 g/mol. The molecule has 6 heteroatoms. The molecule has 0 aliphatic carbocycles. The lowest BCUT2D eigenvalue weighted by Gasteiger charge is -2.18. The third-order valence-corrected chi connectivity index (χ3v) is 4.62. The topological polar surface area (TPSA) is 50.8 Å². The van der Waals surface area contributed by atoms with Crippen LogP contribution in [0.2, 0.25) is 0 Å².